The Hall–Kier alpha value is -2.50. The molecule has 0 N–H and O–H groups in total. The second-order valence-corrected chi connectivity index (χ2v) is 4.27. The second-order valence-electron chi connectivity index (χ2n) is 4.27. The van der Waals surface area contributed by atoms with E-state index >= 15 is 0 Å². The maximum Gasteiger partial charge on any atom is 0.376 e. The largest absolute Gasteiger partial charge is 0.463 e. The van der Waals surface area contributed by atoms with Crippen molar-refractivity contribution in [2.75, 3.05) is 19.1 Å². The van der Waals surface area contributed by atoms with Crippen LogP contribution in [0, 0.1) is 0 Å². The van der Waals surface area contributed by atoms with Gasteiger partial charge in [-0.3, -0.25) is 4.98 Å². The topological polar surface area (TPSA) is 68.2 Å². The molecule has 0 aliphatic rings. The Morgan fingerprint density at radius 3 is 2.70 bits per heavy atom. The minimum absolute atomic E-state index is 0.0246. The number of aromatic nitrogens is 3. The number of anilines is 1. The molecule has 0 aromatic carbocycles. The molecule has 0 saturated carbocycles. The number of rotatable bonds is 4. The van der Waals surface area contributed by atoms with Gasteiger partial charge in [0.2, 0.25) is 5.82 Å². The van der Waals surface area contributed by atoms with Crippen LogP contribution in [-0.2, 0) is 4.74 Å². The van der Waals surface area contributed by atoms with E-state index in [1.807, 2.05) is 37.1 Å². The molecule has 0 radical (unpaired) electrons. The molecule has 2 aromatic heterocycles. The highest BCUT2D eigenvalue weighted by molar-refractivity contribution is 5.85. The van der Waals surface area contributed by atoms with Crippen LogP contribution >= 0.6 is 0 Å². The SMILES string of the molecule is COC(=O)c1nccc(N(C)C(C)c2ccccn2)n1. The number of nitrogens with zero attached hydrogens (tertiary/aromatic N) is 4. The first-order valence-electron chi connectivity index (χ1n) is 6.18. The minimum Gasteiger partial charge on any atom is -0.463 e. The third-order valence-corrected chi connectivity index (χ3v) is 3.07. The first kappa shape index (κ1) is 13.9. The van der Waals surface area contributed by atoms with Crippen molar-refractivity contribution in [1.82, 2.24) is 15.0 Å². The Bertz CT molecular complexity index is 589. The van der Waals surface area contributed by atoms with Gasteiger partial charge < -0.3 is 9.64 Å². The van der Waals surface area contributed by atoms with E-state index in [2.05, 4.69) is 19.7 Å². The Balaban J connectivity index is 2.25. The van der Waals surface area contributed by atoms with E-state index in [4.69, 9.17) is 0 Å². The molecule has 2 aromatic rings. The van der Waals surface area contributed by atoms with E-state index in [-0.39, 0.29) is 11.9 Å². The number of pyridine rings is 1. The maximum absolute atomic E-state index is 11.5. The van der Waals surface area contributed by atoms with Crippen LogP contribution in [0.15, 0.2) is 36.7 Å². The molecule has 0 saturated heterocycles. The fourth-order valence-electron chi connectivity index (χ4n) is 1.76. The highest BCUT2D eigenvalue weighted by atomic mass is 16.5. The summed E-state index contributed by atoms with van der Waals surface area (Å²) in [6.07, 6.45) is 3.29. The van der Waals surface area contributed by atoms with E-state index in [0.29, 0.717) is 5.82 Å². The summed E-state index contributed by atoms with van der Waals surface area (Å²) in [6, 6.07) is 7.52. The van der Waals surface area contributed by atoms with Gasteiger partial charge in [-0.15, -0.1) is 0 Å². The molecule has 6 heteroatoms. The van der Waals surface area contributed by atoms with Crippen molar-refractivity contribution in [1.29, 1.82) is 0 Å². The van der Waals surface area contributed by atoms with Crippen LogP contribution in [-0.4, -0.2) is 35.1 Å². The average Bonchev–Trinajstić information content (AvgIpc) is 2.53. The highest BCUT2D eigenvalue weighted by Crippen LogP contribution is 2.21. The number of esters is 1. The molecule has 0 spiro atoms. The smallest absolute Gasteiger partial charge is 0.376 e. The molecule has 0 aliphatic heterocycles. The Kier molecular flexibility index (Phi) is 4.24. The molecule has 0 fully saturated rings. The molecule has 0 amide bonds. The molecule has 1 unspecified atom stereocenters. The van der Waals surface area contributed by atoms with E-state index in [0.717, 1.165) is 5.69 Å². The first-order valence-corrected chi connectivity index (χ1v) is 6.18. The normalized spacial score (nSPS) is 11.8. The summed E-state index contributed by atoms with van der Waals surface area (Å²) in [5, 5.41) is 0. The van der Waals surface area contributed by atoms with Crippen LogP contribution in [0.4, 0.5) is 5.82 Å². The lowest BCUT2D eigenvalue weighted by atomic mass is 10.2. The summed E-state index contributed by atoms with van der Waals surface area (Å²) < 4.78 is 4.62. The van der Waals surface area contributed by atoms with E-state index in [1.165, 1.54) is 13.3 Å². The summed E-state index contributed by atoms with van der Waals surface area (Å²) >= 11 is 0. The molecule has 2 heterocycles. The van der Waals surface area contributed by atoms with Gasteiger partial charge in [-0.25, -0.2) is 14.8 Å². The number of hydrogen-bond donors (Lipinski definition) is 0. The number of hydrogen-bond acceptors (Lipinski definition) is 6. The predicted octanol–water partition coefficient (Wildman–Crippen LogP) is 1.86. The molecule has 2 rings (SSSR count). The number of carbonyl (C=O) groups is 1. The molecular weight excluding hydrogens is 256 g/mol. The number of ether oxygens (including phenoxy) is 1. The zero-order valence-corrected chi connectivity index (χ0v) is 11.6. The Labute approximate surface area is 117 Å². The lowest BCUT2D eigenvalue weighted by Gasteiger charge is -2.25. The summed E-state index contributed by atoms with van der Waals surface area (Å²) in [6.45, 7) is 2.02. The molecule has 0 bridgehead atoms. The number of methoxy groups -OCH3 is 1. The van der Waals surface area contributed by atoms with Crippen molar-refractivity contribution in [3.63, 3.8) is 0 Å². The molecule has 20 heavy (non-hydrogen) atoms. The van der Waals surface area contributed by atoms with Crippen molar-refractivity contribution < 1.29 is 9.53 Å². The zero-order chi connectivity index (χ0) is 14.5. The van der Waals surface area contributed by atoms with Gasteiger partial charge in [0, 0.05) is 19.4 Å². The molecular formula is C14H16N4O2. The monoisotopic (exact) mass is 272 g/mol. The van der Waals surface area contributed by atoms with E-state index in [9.17, 15) is 4.79 Å². The van der Waals surface area contributed by atoms with Crippen molar-refractivity contribution in [3.05, 3.63) is 48.2 Å². The summed E-state index contributed by atoms with van der Waals surface area (Å²) in [5.41, 5.74) is 0.924. The fraction of sp³-hybridized carbons (Fsp3) is 0.286. The number of carbonyl (C=O) groups excluding carboxylic acids is 1. The van der Waals surface area contributed by atoms with Crippen LogP contribution in [0.2, 0.25) is 0 Å². The van der Waals surface area contributed by atoms with Gasteiger partial charge in [0.05, 0.1) is 18.8 Å². The minimum atomic E-state index is -0.550. The second kappa shape index (κ2) is 6.10. The third kappa shape index (κ3) is 2.90. The Morgan fingerprint density at radius 2 is 2.05 bits per heavy atom. The summed E-state index contributed by atoms with van der Waals surface area (Å²) in [4.78, 5) is 25.8. The summed E-state index contributed by atoms with van der Waals surface area (Å²) in [5.74, 6) is 0.134. The van der Waals surface area contributed by atoms with Crippen LogP contribution in [0.3, 0.4) is 0 Å². The van der Waals surface area contributed by atoms with Crippen molar-refractivity contribution in [3.8, 4) is 0 Å². The van der Waals surface area contributed by atoms with Gasteiger partial charge in [0.25, 0.3) is 0 Å². The van der Waals surface area contributed by atoms with Gasteiger partial charge in [0.15, 0.2) is 0 Å². The lowest BCUT2D eigenvalue weighted by Crippen LogP contribution is -2.24. The van der Waals surface area contributed by atoms with E-state index in [1.54, 1.807) is 12.3 Å². The average molecular weight is 272 g/mol. The van der Waals surface area contributed by atoms with Crippen LogP contribution in [0.5, 0.6) is 0 Å². The van der Waals surface area contributed by atoms with Crippen molar-refractivity contribution in [2.45, 2.75) is 13.0 Å². The van der Waals surface area contributed by atoms with Gasteiger partial charge >= 0.3 is 5.97 Å². The first-order chi connectivity index (χ1) is 9.63. The van der Waals surface area contributed by atoms with Crippen LogP contribution in [0.1, 0.15) is 29.3 Å². The van der Waals surface area contributed by atoms with E-state index < -0.39 is 5.97 Å². The maximum atomic E-state index is 11.5. The molecule has 6 nitrogen and oxygen atoms in total. The molecule has 104 valence electrons. The zero-order valence-electron chi connectivity index (χ0n) is 11.6. The fourth-order valence-corrected chi connectivity index (χ4v) is 1.76. The highest BCUT2D eigenvalue weighted by Gasteiger charge is 2.17. The molecule has 0 aliphatic carbocycles. The van der Waals surface area contributed by atoms with Crippen LogP contribution in [0.25, 0.3) is 0 Å². The van der Waals surface area contributed by atoms with Crippen molar-refractivity contribution in [2.24, 2.45) is 0 Å². The predicted molar refractivity (Wildman–Crippen MR) is 74.4 cm³/mol. The van der Waals surface area contributed by atoms with Gasteiger partial charge in [-0.1, -0.05) is 6.07 Å². The Morgan fingerprint density at radius 1 is 1.25 bits per heavy atom. The van der Waals surface area contributed by atoms with Gasteiger partial charge in [-0.2, -0.15) is 0 Å². The standard InChI is InChI=1S/C14H16N4O2/c1-10(11-6-4-5-8-15-11)18(2)12-7-9-16-13(17-12)14(19)20-3/h4-10H,1-3H3. The van der Waals surface area contributed by atoms with Gasteiger partial charge in [0.1, 0.15) is 5.82 Å². The van der Waals surface area contributed by atoms with Crippen LogP contribution < -0.4 is 4.90 Å². The third-order valence-electron chi connectivity index (χ3n) is 3.07. The van der Waals surface area contributed by atoms with Crippen molar-refractivity contribution >= 4 is 11.8 Å². The van der Waals surface area contributed by atoms with Gasteiger partial charge in [-0.05, 0) is 25.1 Å². The lowest BCUT2D eigenvalue weighted by molar-refractivity contribution is 0.0587. The summed E-state index contributed by atoms with van der Waals surface area (Å²) in [7, 11) is 3.20. The quantitative estimate of drug-likeness (QED) is 0.791. The molecule has 1 atom stereocenters.